The van der Waals surface area contributed by atoms with Gasteiger partial charge in [-0.25, -0.2) is 14.4 Å². The fourth-order valence-electron chi connectivity index (χ4n) is 3.27. The Hall–Kier alpha value is -3.72. The van der Waals surface area contributed by atoms with Crippen molar-refractivity contribution in [2.75, 3.05) is 66.6 Å². The third-order valence-electron chi connectivity index (χ3n) is 5.90. The van der Waals surface area contributed by atoms with E-state index < -0.39 is 23.5 Å². The third-order valence-corrected chi connectivity index (χ3v) is 5.90. The molecule has 0 bridgehead atoms. The van der Waals surface area contributed by atoms with E-state index in [2.05, 4.69) is 18.6 Å². The van der Waals surface area contributed by atoms with Gasteiger partial charge >= 0.3 is 17.9 Å². The Balaban J connectivity index is 0.00000137. The first kappa shape index (κ1) is 43.3. The molecule has 0 fully saturated rings. The van der Waals surface area contributed by atoms with Crippen LogP contribution in [0, 0.1) is 5.92 Å². The number of methoxy groups -OCH3 is 1. The zero-order valence-corrected chi connectivity index (χ0v) is 28.2. The number of hydrogen-bond acceptors (Lipinski definition) is 13. The van der Waals surface area contributed by atoms with Crippen molar-refractivity contribution in [3.8, 4) is 11.5 Å². The summed E-state index contributed by atoms with van der Waals surface area (Å²) < 4.78 is 35.1. The molecule has 13 heteroatoms. The second-order valence-corrected chi connectivity index (χ2v) is 10.1. The van der Waals surface area contributed by atoms with Gasteiger partial charge < -0.3 is 48.2 Å². The molecule has 13 nitrogen and oxygen atoms in total. The van der Waals surface area contributed by atoms with Crippen LogP contribution in [0.3, 0.4) is 0 Å². The molecule has 1 atom stereocenters. The lowest BCUT2D eigenvalue weighted by molar-refractivity contribution is -0.143. The maximum absolute atomic E-state index is 12.1. The highest BCUT2D eigenvalue weighted by atomic mass is 16.6. The number of rotatable bonds is 19. The zero-order valence-electron chi connectivity index (χ0n) is 28.2. The molecule has 0 aromatic heterocycles. The molecule has 2 rings (SSSR count). The fourth-order valence-corrected chi connectivity index (χ4v) is 3.27. The van der Waals surface area contributed by atoms with E-state index in [1.54, 1.807) is 43.3 Å². The van der Waals surface area contributed by atoms with Gasteiger partial charge in [0.1, 0.15) is 43.2 Å². The van der Waals surface area contributed by atoms with Gasteiger partial charge in [-0.05, 0) is 31.0 Å². The predicted molar refractivity (Wildman–Crippen MR) is 172 cm³/mol. The van der Waals surface area contributed by atoms with Crippen LogP contribution in [0.4, 0.5) is 0 Å². The third kappa shape index (κ3) is 18.9. The Kier molecular flexibility index (Phi) is 24.3. The minimum Gasteiger partial charge on any atom is -0.465 e. The number of aldehydes is 1. The molecule has 0 heterocycles. The Labute approximate surface area is 277 Å². The highest BCUT2D eigenvalue weighted by molar-refractivity contribution is 5.93. The molecule has 2 N–H and O–H groups in total. The molecular formula is C34H50O13. The molecule has 0 amide bonds. The summed E-state index contributed by atoms with van der Waals surface area (Å²) in [6.45, 7) is 10.3. The van der Waals surface area contributed by atoms with Gasteiger partial charge in [0.2, 0.25) is 0 Å². The molecule has 47 heavy (non-hydrogen) atoms. The van der Waals surface area contributed by atoms with Crippen molar-refractivity contribution in [1.82, 2.24) is 0 Å². The van der Waals surface area contributed by atoms with E-state index in [4.69, 9.17) is 33.5 Å². The Bertz CT molecular complexity index is 1160. The van der Waals surface area contributed by atoms with Gasteiger partial charge in [0, 0.05) is 5.56 Å². The van der Waals surface area contributed by atoms with E-state index in [0.29, 0.717) is 31.7 Å². The number of para-hydroxylation sites is 2. The van der Waals surface area contributed by atoms with Crippen LogP contribution in [0.25, 0.3) is 0 Å². The fraction of sp³-hybridized carbons (Fsp3) is 0.529. The van der Waals surface area contributed by atoms with Gasteiger partial charge in [0.25, 0.3) is 0 Å². The summed E-state index contributed by atoms with van der Waals surface area (Å²) in [5.74, 6) is -1.73. The van der Waals surface area contributed by atoms with E-state index in [9.17, 15) is 24.3 Å². The second-order valence-electron chi connectivity index (χ2n) is 10.1. The number of ether oxygens (including phenoxy) is 7. The molecular weight excluding hydrogens is 616 g/mol. The summed E-state index contributed by atoms with van der Waals surface area (Å²) in [4.78, 5) is 45.5. The maximum Gasteiger partial charge on any atom is 0.341 e. The average molecular weight is 667 g/mol. The van der Waals surface area contributed by atoms with Gasteiger partial charge in [-0.1, -0.05) is 64.4 Å². The lowest BCUT2D eigenvalue weighted by atomic mass is 9.85. The SMILES string of the molecule is CCC.COC(=O)c1ccccc1OC(=O)COCCOCC(=O)Oc1ccccc1C(C)(O)C(C)C.O=CCOCCOCCO. The minimum atomic E-state index is -1.17. The molecule has 264 valence electrons. The van der Waals surface area contributed by atoms with E-state index in [-0.39, 0.29) is 62.6 Å². The second kappa shape index (κ2) is 26.4. The van der Waals surface area contributed by atoms with Crippen LogP contribution in [-0.2, 0) is 43.7 Å². The van der Waals surface area contributed by atoms with Crippen molar-refractivity contribution < 1.29 is 62.5 Å². The highest BCUT2D eigenvalue weighted by Crippen LogP contribution is 2.35. The van der Waals surface area contributed by atoms with Crippen LogP contribution in [0.15, 0.2) is 48.5 Å². The smallest absolute Gasteiger partial charge is 0.341 e. The molecule has 0 saturated carbocycles. The summed E-state index contributed by atoms with van der Waals surface area (Å²) in [7, 11) is 1.23. The van der Waals surface area contributed by atoms with Crippen molar-refractivity contribution >= 4 is 24.2 Å². The normalized spacial score (nSPS) is 11.6. The minimum absolute atomic E-state index is 0.0215. The Morgan fingerprint density at radius 1 is 0.787 bits per heavy atom. The van der Waals surface area contributed by atoms with Crippen LogP contribution in [0.2, 0.25) is 0 Å². The summed E-state index contributed by atoms with van der Waals surface area (Å²) in [6, 6.07) is 13.0. The molecule has 0 radical (unpaired) electrons. The molecule has 1 unspecified atom stereocenters. The number of esters is 3. The lowest BCUT2D eigenvalue weighted by Gasteiger charge is -2.29. The summed E-state index contributed by atoms with van der Waals surface area (Å²) in [6.07, 6.45) is 1.94. The first-order valence-electron chi connectivity index (χ1n) is 15.3. The number of carbonyl (C=O) groups excluding carboxylic acids is 4. The zero-order chi connectivity index (χ0) is 35.5. The molecule has 0 aliphatic carbocycles. The van der Waals surface area contributed by atoms with Gasteiger partial charge in [-0.2, -0.15) is 0 Å². The van der Waals surface area contributed by atoms with Crippen LogP contribution < -0.4 is 9.47 Å². The monoisotopic (exact) mass is 666 g/mol. The molecule has 0 aliphatic rings. The van der Waals surface area contributed by atoms with Crippen molar-refractivity contribution in [3.63, 3.8) is 0 Å². The Morgan fingerprint density at radius 2 is 1.28 bits per heavy atom. The van der Waals surface area contributed by atoms with Gasteiger partial charge in [-0.3, -0.25) is 0 Å². The number of benzene rings is 2. The molecule has 0 saturated heterocycles. The topological polar surface area (TPSA) is 173 Å². The van der Waals surface area contributed by atoms with Crippen LogP contribution in [0.5, 0.6) is 11.5 Å². The lowest BCUT2D eigenvalue weighted by Crippen LogP contribution is -2.29. The van der Waals surface area contributed by atoms with Crippen LogP contribution in [0.1, 0.15) is 57.0 Å². The summed E-state index contributed by atoms with van der Waals surface area (Å²) >= 11 is 0. The highest BCUT2D eigenvalue weighted by Gasteiger charge is 2.31. The average Bonchev–Trinajstić information content (AvgIpc) is 3.05. The first-order valence-corrected chi connectivity index (χ1v) is 15.3. The van der Waals surface area contributed by atoms with Crippen molar-refractivity contribution in [2.24, 2.45) is 5.92 Å². The predicted octanol–water partition coefficient (Wildman–Crippen LogP) is 3.51. The summed E-state index contributed by atoms with van der Waals surface area (Å²) in [5.41, 5.74) is -0.539. The number of hydrogen-bond donors (Lipinski definition) is 2. The maximum atomic E-state index is 12.1. The molecule has 2 aromatic carbocycles. The quantitative estimate of drug-likeness (QED) is 0.0966. The first-order chi connectivity index (χ1) is 22.5. The standard InChI is InChI=1S/C25H30O9.C6H12O4.C3H8/c1-17(2)25(3,29)19-10-6-8-12-21(19)34-23(27)16-32-14-13-31-15-22(26)33-20-11-7-5-9-18(20)24(28)30-4;7-1-3-9-5-6-10-4-2-8;1-3-2/h5-12,17,29H,13-16H2,1-4H3;1,8H,2-6H2;3H2,1-2H3. The van der Waals surface area contributed by atoms with Gasteiger partial charge in [-0.15, -0.1) is 0 Å². The van der Waals surface area contributed by atoms with E-state index in [0.717, 1.165) is 0 Å². The molecule has 2 aromatic rings. The number of aliphatic hydroxyl groups excluding tert-OH is 1. The molecule has 0 aliphatic heterocycles. The largest absolute Gasteiger partial charge is 0.465 e. The number of aliphatic hydroxyl groups is 2. The Morgan fingerprint density at radius 3 is 1.81 bits per heavy atom. The van der Waals surface area contributed by atoms with Crippen molar-refractivity contribution in [3.05, 3.63) is 59.7 Å². The van der Waals surface area contributed by atoms with E-state index in [1.165, 1.54) is 25.7 Å². The number of carbonyl (C=O) groups is 4. The van der Waals surface area contributed by atoms with Gasteiger partial charge in [0.05, 0.1) is 52.4 Å². The van der Waals surface area contributed by atoms with Crippen LogP contribution >= 0.6 is 0 Å². The molecule has 0 spiro atoms. The van der Waals surface area contributed by atoms with Crippen LogP contribution in [-0.4, -0.2) is 101 Å². The van der Waals surface area contributed by atoms with E-state index >= 15 is 0 Å². The van der Waals surface area contributed by atoms with Crippen molar-refractivity contribution in [2.45, 2.75) is 46.6 Å². The van der Waals surface area contributed by atoms with E-state index in [1.807, 2.05) is 13.8 Å². The van der Waals surface area contributed by atoms with Crippen molar-refractivity contribution in [1.29, 1.82) is 0 Å². The summed E-state index contributed by atoms with van der Waals surface area (Å²) in [5, 5.41) is 19.0. The van der Waals surface area contributed by atoms with Gasteiger partial charge in [0.15, 0.2) is 0 Å².